The summed E-state index contributed by atoms with van der Waals surface area (Å²) in [6.07, 6.45) is 25.4. The summed E-state index contributed by atoms with van der Waals surface area (Å²) in [6, 6.07) is 19.3. The van der Waals surface area contributed by atoms with Crippen molar-refractivity contribution in [2.24, 2.45) is 0 Å². The van der Waals surface area contributed by atoms with E-state index in [9.17, 15) is 0 Å². The number of hydrogen-bond donors (Lipinski definition) is 0. The number of benzene rings is 2. The summed E-state index contributed by atoms with van der Waals surface area (Å²) in [4.78, 5) is 0. The van der Waals surface area contributed by atoms with E-state index in [1.807, 2.05) is 12.2 Å². The molecule has 3 aromatic carbocycles. The molecule has 2 saturated carbocycles. The zero-order valence-electron chi connectivity index (χ0n) is 19.4. The average molecular weight is 516 g/mol. The van der Waals surface area contributed by atoms with E-state index in [1.54, 1.807) is 25.7 Å². The summed E-state index contributed by atoms with van der Waals surface area (Å²) >= 11 is 0. The maximum Gasteiger partial charge on any atom is 2.00 e. The quantitative estimate of drug-likeness (QED) is 0.236. The van der Waals surface area contributed by atoms with Crippen LogP contribution in [-0.4, -0.2) is 9.52 Å². The molecule has 0 unspecified atom stereocenters. The first-order valence-electron chi connectivity index (χ1n) is 12.4. The van der Waals surface area contributed by atoms with Gasteiger partial charge < -0.3 is 0 Å². The Morgan fingerprint density at radius 3 is 1.59 bits per heavy atom. The third-order valence-electron chi connectivity index (χ3n) is 6.79. The maximum absolute atomic E-state index is 2.99. The zero-order chi connectivity index (χ0) is 21.1. The minimum absolute atomic E-state index is 0. The summed E-state index contributed by atoms with van der Waals surface area (Å²) < 4.78 is 0. The summed E-state index contributed by atoms with van der Waals surface area (Å²) in [7, 11) is 1.33. The fraction of sp³-hybridized carbons (Fsp3) is 0.433. The van der Waals surface area contributed by atoms with Gasteiger partial charge in [0.15, 0.2) is 0 Å². The molecule has 32 heavy (non-hydrogen) atoms. The zero-order valence-corrected chi connectivity index (χ0v) is 22.8. The van der Waals surface area contributed by atoms with Crippen molar-refractivity contribution in [3.05, 3.63) is 78.9 Å². The van der Waals surface area contributed by atoms with Crippen LogP contribution in [0.25, 0.3) is 21.5 Å². The Morgan fingerprint density at radius 2 is 1.19 bits per heavy atom. The minimum Gasteiger partial charge on any atom is -0.273 e. The SMILES string of the molecule is C1CCC([Si]C2CCCCC2)CC1.[C-]1=CC=CC1.[Zr+2].c1ccc2c(c1)[cH-]c1ccccc12. The molecule has 0 heterocycles. The molecule has 0 bridgehead atoms. The van der Waals surface area contributed by atoms with Crippen LogP contribution in [0.4, 0.5) is 0 Å². The Hall–Kier alpha value is -1.11. The molecule has 0 nitrogen and oxygen atoms in total. The van der Waals surface area contributed by atoms with Gasteiger partial charge in [-0.25, -0.2) is 12.2 Å². The van der Waals surface area contributed by atoms with Crippen molar-refractivity contribution in [2.75, 3.05) is 0 Å². The number of fused-ring (bicyclic) bond motifs is 3. The molecule has 0 amide bonds. The molecule has 6 rings (SSSR count). The van der Waals surface area contributed by atoms with Gasteiger partial charge in [-0.2, -0.15) is 6.08 Å². The van der Waals surface area contributed by atoms with Crippen molar-refractivity contribution in [1.29, 1.82) is 0 Å². The molecule has 0 aromatic heterocycles. The third-order valence-corrected chi connectivity index (χ3v) is 8.89. The van der Waals surface area contributed by atoms with Crippen molar-refractivity contribution >= 4 is 31.1 Å². The average Bonchev–Trinajstić information content (AvgIpc) is 3.53. The van der Waals surface area contributed by atoms with Gasteiger partial charge in [0.2, 0.25) is 0 Å². The van der Waals surface area contributed by atoms with Gasteiger partial charge in [0.25, 0.3) is 0 Å². The van der Waals surface area contributed by atoms with E-state index < -0.39 is 0 Å². The molecule has 0 atom stereocenters. The Bertz CT molecular complexity index is 894. The monoisotopic (exact) mass is 514 g/mol. The van der Waals surface area contributed by atoms with Crippen LogP contribution in [-0.2, 0) is 26.2 Å². The number of allylic oxidation sites excluding steroid dienone is 4. The topological polar surface area (TPSA) is 0 Å². The van der Waals surface area contributed by atoms with Crippen LogP contribution in [0.15, 0.2) is 72.8 Å². The normalized spacial score (nSPS) is 18.5. The molecule has 3 aromatic rings. The van der Waals surface area contributed by atoms with E-state index in [-0.39, 0.29) is 26.2 Å². The van der Waals surface area contributed by atoms with Crippen molar-refractivity contribution in [1.82, 2.24) is 0 Å². The number of rotatable bonds is 2. The molecule has 0 saturated heterocycles. The van der Waals surface area contributed by atoms with Gasteiger partial charge in [0.1, 0.15) is 0 Å². The van der Waals surface area contributed by atoms with E-state index in [2.05, 4.69) is 66.7 Å². The van der Waals surface area contributed by atoms with Gasteiger partial charge in [0, 0.05) is 9.52 Å². The van der Waals surface area contributed by atoms with Gasteiger partial charge in [-0.05, 0) is 11.1 Å². The van der Waals surface area contributed by atoms with Crippen LogP contribution in [0.1, 0.15) is 70.6 Å². The van der Waals surface area contributed by atoms with Crippen molar-refractivity contribution in [3.63, 3.8) is 0 Å². The van der Waals surface area contributed by atoms with Crippen LogP contribution >= 0.6 is 0 Å². The second-order valence-corrected chi connectivity index (χ2v) is 11.1. The summed E-state index contributed by atoms with van der Waals surface area (Å²) in [6.45, 7) is 0. The molecule has 0 spiro atoms. The Balaban J connectivity index is 0.000000145. The Kier molecular flexibility index (Phi) is 11.3. The van der Waals surface area contributed by atoms with Gasteiger partial charge in [-0.3, -0.25) is 6.08 Å². The van der Waals surface area contributed by atoms with Gasteiger partial charge >= 0.3 is 26.2 Å². The minimum atomic E-state index is 0. The molecular formula is C30H36SiZr. The fourth-order valence-corrected chi connectivity index (χ4v) is 7.27. The summed E-state index contributed by atoms with van der Waals surface area (Å²) in [5, 5.41) is 5.39. The second-order valence-electron chi connectivity index (χ2n) is 9.16. The van der Waals surface area contributed by atoms with E-state index >= 15 is 0 Å². The molecule has 0 N–H and O–H groups in total. The molecule has 3 aliphatic rings. The van der Waals surface area contributed by atoms with Gasteiger partial charge in [0.05, 0.1) is 0 Å². The van der Waals surface area contributed by atoms with Crippen molar-refractivity contribution < 1.29 is 26.2 Å². The van der Waals surface area contributed by atoms with E-state index in [1.165, 1.54) is 69.6 Å². The predicted octanol–water partition coefficient (Wildman–Crippen LogP) is 9.21. The molecule has 2 radical (unpaired) electrons. The first-order chi connectivity index (χ1) is 15.4. The van der Waals surface area contributed by atoms with Crippen LogP contribution in [0.2, 0.25) is 11.1 Å². The maximum atomic E-state index is 2.99. The first-order valence-corrected chi connectivity index (χ1v) is 13.6. The van der Waals surface area contributed by atoms with Crippen molar-refractivity contribution in [2.45, 2.75) is 81.7 Å². The van der Waals surface area contributed by atoms with E-state index in [0.29, 0.717) is 0 Å². The molecule has 164 valence electrons. The molecule has 2 fully saturated rings. The Morgan fingerprint density at radius 1 is 0.688 bits per heavy atom. The molecule has 3 aliphatic carbocycles. The summed E-state index contributed by atoms with van der Waals surface area (Å²) in [5.41, 5.74) is 2.30. The molecular weight excluding hydrogens is 480 g/mol. The standard InChI is InChI=1S/C13H9.C12H22Si.C5H5.Zr/c1-3-7-12-10(5-1)9-11-6-2-4-8-13(11)12;1-3-7-11(8-4-1)13-12-9-5-2-6-10-12;1-2-4-5-3-1;/h1-9H;11-12H,1-10H2;1-3H,4H2;/q-1;;-1;+2. The van der Waals surface area contributed by atoms with Crippen LogP contribution in [0.3, 0.4) is 0 Å². The van der Waals surface area contributed by atoms with Crippen molar-refractivity contribution in [3.8, 4) is 0 Å². The summed E-state index contributed by atoms with van der Waals surface area (Å²) in [5.74, 6) is 0. The van der Waals surface area contributed by atoms with Gasteiger partial charge in [-0.1, -0.05) is 101 Å². The third kappa shape index (κ3) is 7.74. The second kappa shape index (κ2) is 14.2. The predicted molar refractivity (Wildman–Crippen MR) is 138 cm³/mol. The van der Waals surface area contributed by atoms with Gasteiger partial charge in [-0.15, -0.1) is 46.2 Å². The largest absolute Gasteiger partial charge is 2.00 e. The van der Waals surface area contributed by atoms with E-state index in [4.69, 9.17) is 0 Å². The number of hydrogen-bond acceptors (Lipinski definition) is 0. The smallest absolute Gasteiger partial charge is 0.273 e. The van der Waals surface area contributed by atoms with Crippen LogP contribution < -0.4 is 0 Å². The first kappa shape index (κ1) is 25.5. The molecule has 0 aliphatic heterocycles. The fourth-order valence-electron chi connectivity index (χ4n) is 5.12. The van der Waals surface area contributed by atoms with E-state index in [0.717, 1.165) is 17.5 Å². The van der Waals surface area contributed by atoms with Crippen LogP contribution in [0.5, 0.6) is 0 Å². The Labute approximate surface area is 216 Å². The molecule has 2 heteroatoms. The van der Waals surface area contributed by atoms with Crippen LogP contribution in [0, 0.1) is 6.08 Å².